The van der Waals surface area contributed by atoms with Crippen LogP contribution < -0.4 is 4.74 Å². The quantitative estimate of drug-likeness (QED) is 0.832. The van der Waals surface area contributed by atoms with Gasteiger partial charge >= 0.3 is 0 Å². The summed E-state index contributed by atoms with van der Waals surface area (Å²) in [5.74, 6) is 1.42. The zero-order valence-electron chi connectivity index (χ0n) is 15.0. The molecule has 0 saturated carbocycles. The molecule has 25 heavy (non-hydrogen) atoms. The van der Waals surface area contributed by atoms with Crippen LogP contribution in [0.2, 0.25) is 0 Å². The van der Waals surface area contributed by atoms with E-state index in [9.17, 15) is 4.79 Å². The van der Waals surface area contributed by atoms with Gasteiger partial charge in [0.25, 0.3) is 5.91 Å². The highest BCUT2D eigenvalue weighted by molar-refractivity contribution is 5.96. The minimum absolute atomic E-state index is 0.0923. The Morgan fingerprint density at radius 2 is 2.12 bits per heavy atom. The van der Waals surface area contributed by atoms with Crippen molar-refractivity contribution in [1.82, 2.24) is 24.9 Å². The van der Waals surface area contributed by atoms with E-state index in [1.54, 1.807) is 17.9 Å². The molecule has 0 bridgehead atoms. The molecule has 0 aromatic carbocycles. The van der Waals surface area contributed by atoms with Gasteiger partial charge in [-0.2, -0.15) is 4.98 Å². The maximum atomic E-state index is 13.0. The summed E-state index contributed by atoms with van der Waals surface area (Å²) >= 11 is 0. The second kappa shape index (κ2) is 7.18. The van der Waals surface area contributed by atoms with E-state index in [0.717, 1.165) is 12.2 Å². The summed E-state index contributed by atoms with van der Waals surface area (Å²) < 4.78 is 10.9. The summed E-state index contributed by atoms with van der Waals surface area (Å²) in [5, 5.41) is 3.86. The fourth-order valence-corrected chi connectivity index (χ4v) is 2.89. The fourth-order valence-electron chi connectivity index (χ4n) is 2.89. The average Bonchev–Trinajstić information content (AvgIpc) is 3.01. The molecule has 1 amide bonds. The number of piperazine rings is 1. The van der Waals surface area contributed by atoms with E-state index in [1.807, 2.05) is 27.0 Å². The van der Waals surface area contributed by atoms with Crippen LogP contribution in [-0.2, 0) is 0 Å². The fraction of sp³-hybridized carbons (Fsp3) is 0.529. The molecule has 3 rings (SSSR count). The third kappa shape index (κ3) is 3.63. The minimum atomic E-state index is -0.118. The van der Waals surface area contributed by atoms with Gasteiger partial charge in [0, 0.05) is 25.3 Å². The maximum Gasteiger partial charge on any atom is 0.259 e. The van der Waals surface area contributed by atoms with Crippen molar-refractivity contribution in [3.8, 4) is 5.88 Å². The van der Waals surface area contributed by atoms with Crippen molar-refractivity contribution in [3.05, 3.63) is 35.1 Å². The molecule has 0 spiro atoms. The second-order valence-electron chi connectivity index (χ2n) is 6.17. The standard InChI is InChI=1S/C17H23N5O3/c1-5-24-15-13(7-6-11(2)18-15)17(23)22-9-8-21(4)14(10-22)16-19-12(3)20-25-16/h6-7,14H,5,8-10H2,1-4H3/t14-/m0/s1. The number of nitrogens with zero attached hydrogens (tertiary/aromatic N) is 5. The minimum Gasteiger partial charge on any atom is -0.477 e. The van der Waals surface area contributed by atoms with Gasteiger partial charge in [0.15, 0.2) is 5.82 Å². The van der Waals surface area contributed by atoms with E-state index in [-0.39, 0.29) is 11.9 Å². The van der Waals surface area contributed by atoms with Crippen LogP contribution in [0.1, 0.15) is 40.7 Å². The second-order valence-corrected chi connectivity index (χ2v) is 6.17. The van der Waals surface area contributed by atoms with Gasteiger partial charge in [0.2, 0.25) is 11.8 Å². The maximum absolute atomic E-state index is 13.0. The Morgan fingerprint density at radius 3 is 2.80 bits per heavy atom. The molecule has 1 fully saturated rings. The molecule has 2 aromatic heterocycles. The molecular formula is C17H23N5O3. The molecule has 0 N–H and O–H groups in total. The highest BCUT2D eigenvalue weighted by Crippen LogP contribution is 2.25. The van der Waals surface area contributed by atoms with Crippen LogP contribution >= 0.6 is 0 Å². The van der Waals surface area contributed by atoms with Crippen molar-refractivity contribution in [2.45, 2.75) is 26.8 Å². The van der Waals surface area contributed by atoms with Crippen LogP contribution in [0.25, 0.3) is 0 Å². The van der Waals surface area contributed by atoms with Gasteiger partial charge in [-0.1, -0.05) is 5.16 Å². The molecule has 8 nitrogen and oxygen atoms in total. The number of carbonyl (C=O) groups excluding carboxylic acids is 1. The summed E-state index contributed by atoms with van der Waals surface area (Å²) in [6.45, 7) is 7.83. The number of hydrogen-bond donors (Lipinski definition) is 0. The Kier molecular flexibility index (Phi) is 4.98. The summed E-state index contributed by atoms with van der Waals surface area (Å²) in [4.78, 5) is 25.6. The summed E-state index contributed by atoms with van der Waals surface area (Å²) in [6.07, 6.45) is 0. The molecule has 1 aliphatic heterocycles. The highest BCUT2D eigenvalue weighted by atomic mass is 16.5. The molecule has 2 aromatic rings. The number of hydrogen-bond acceptors (Lipinski definition) is 7. The van der Waals surface area contributed by atoms with E-state index >= 15 is 0 Å². The lowest BCUT2D eigenvalue weighted by Crippen LogP contribution is -2.49. The molecule has 1 atom stereocenters. The third-order valence-corrected chi connectivity index (χ3v) is 4.27. The van der Waals surface area contributed by atoms with E-state index in [2.05, 4.69) is 20.0 Å². The lowest BCUT2D eigenvalue weighted by atomic mass is 10.1. The highest BCUT2D eigenvalue weighted by Gasteiger charge is 2.33. The molecule has 8 heteroatoms. The lowest BCUT2D eigenvalue weighted by molar-refractivity contribution is 0.0485. The van der Waals surface area contributed by atoms with E-state index in [4.69, 9.17) is 9.26 Å². The largest absolute Gasteiger partial charge is 0.477 e. The third-order valence-electron chi connectivity index (χ3n) is 4.27. The Labute approximate surface area is 146 Å². The van der Waals surface area contributed by atoms with Crippen LogP contribution in [-0.4, -0.2) is 64.1 Å². The molecule has 1 aliphatic rings. The van der Waals surface area contributed by atoms with Gasteiger partial charge < -0.3 is 14.2 Å². The van der Waals surface area contributed by atoms with Gasteiger partial charge in [0.1, 0.15) is 11.6 Å². The number of pyridine rings is 1. The van der Waals surface area contributed by atoms with E-state index in [0.29, 0.717) is 42.9 Å². The Morgan fingerprint density at radius 1 is 1.32 bits per heavy atom. The Bertz CT molecular complexity index is 760. The Balaban J connectivity index is 1.83. The van der Waals surface area contributed by atoms with E-state index in [1.165, 1.54) is 0 Å². The molecule has 1 saturated heterocycles. The lowest BCUT2D eigenvalue weighted by Gasteiger charge is -2.37. The SMILES string of the molecule is CCOc1nc(C)ccc1C(=O)N1CCN(C)[C@H](c2nc(C)no2)C1. The molecule has 0 radical (unpaired) electrons. The normalized spacial score (nSPS) is 18.4. The number of aryl methyl sites for hydroxylation is 2. The summed E-state index contributed by atoms with van der Waals surface area (Å²) in [7, 11) is 1.99. The Hall–Kier alpha value is -2.48. The van der Waals surface area contributed by atoms with Gasteiger partial charge in [-0.15, -0.1) is 0 Å². The van der Waals surface area contributed by atoms with Crippen molar-refractivity contribution in [2.24, 2.45) is 0 Å². The first kappa shape index (κ1) is 17.3. The van der Waals surface area contributed by atoms with Crippen LogP contribution in [0.4, 0.5) is 0 Å². The number of amides is 1. The van der Waals surface area contributed by atoms with Crippen LogP contribution in [0.15, 0.2) is 16.7 Å². The molecule has 0 unspecified atom stereocenters. The van der Waals surface area contributed by atoms with Crippen LogP contribution in [0.3, 0.4) is 0 Å². The topological polar surface area (TPSA) is 84.6 Å². The average molecular weight is 345 g/mol. The van der Waals surface area contributed by atoms with Gasteiger partial charge in [-0.25, -0.2) is 4.98 Å². The zero-order chi connectivity index (χ0) is 18.0. The van der Waals surface area contributed by atoms with Gasteiger partial charge in [0.05, 0.1) is 6.61 Å². The van der Waals surface area contributed by atoms with Crippen LogP contribution in [0, 0.1) is 13.8 Å². The predicted molar refractivity (Wildman–Crippen MR) is 90.5 cm³/mol. The number of likely N-dealkylation sites (N-methyl/N-ethyl adjacent to an activating group) is 1. The van der Waals surface area contributed by atoms with Crippen molar-refractivity contribution >= 4 is 5.91 Å². The number of ether oxygens (including phenoxy) is 1. The first-order valence-electron chi connectivity index (χ1n) is 8.39. The molecule has 134 valence electrons. The number of rotatable bonds is 4. The van der Waals surface area contributed by atoms with Crippen molar-refractivity contribution in [3.63, 3.8) is 0 Å². The molecular weight excluding hydrogens is 322 g/mol. The summed E-state index contributed by atoms with van der Waals surface area (Å²) in [6, 6.07) is 3.48. The van der Waals surface area contributed by atoms with Gasteiger partial charge in [-0.05, 0) is 40.0 Å². The zero-order valence-corrected chi connectivity index (χ0v) is 15.0. The predicted octanol–water partition coefficient (Wildman–Crippen LogP) is 1.61. The monoisotopic (exact) mass is 345 g/mol. The number of aromatic nitrogens is 3. The number of carbonyl (C=O) groups is 1. The molecule has 0 aliphatic carbocycles. The van der Waals surface area contributed by atoms with Crippen molar-refractivity contribution in [1.29, 1.82) is 0 Å². The van der Waals surface area contributed by atoms with Gasteiger partial charge in [-0.3, -0.25) is 9.69 Å². The van der Waals surface area contributed by atoms with Crippen molar-refractivity contribution < 1.29 is 14.1 Å². The van der Waals surface area contributed by atoms with Crippen molar-refractivity contribution in [2.75, 3.05) is 33.3 Å². The van der Waals surface area contributed by atoms with E-state index < -0.39 is 0 Å². The molecule has 3 heterocycles. The summed E-state index contributed by atoms with van der Waals surface area (Å²) in [5.41, 5.74) is 1.30. The first-order valence-corrected chi connectivity index (χ1v) is 8.39. The first-order chi connectivity index (χ1) is 12.0. The smallest absolute Gasteiger partial charge is 0.259 e. The van der Waals surface area contributed by atoms with Crippen LogP contribution in [0.5, 0.6) is 5.88 Å².